The maximum Gasteiger partial charge on any atom is 0.303 e. The van der Waals surface area contributed by atoms with Crippen LogP contribution in [0.1, 0.15) is 19.8 Å². The van der Waals surface area contributed by atoms with Gasteiger partial charge in [-0.2, -0.15) is 0 Å². The molecule has 0 fully saturated rings. The second-order valence-corrected chi connectivity index (χ2v) is 3.43. The van der Waals surface area contributed by atoms with Crippen LogP contribution in [-0.2, 0) is 9.53 Å². The van der Waals surface area contributed by atoms with Gasteiger partial charge in [0.1, 0.15) is 6.10 Å². The predicted octanol–water partition coefficient (Wildman–Crippen LogP) is 2.51. The lowest BCUT2D eigenvalue weighted by Gasteiger charge is -2.22. The molecule has 14 heavy (non-hydrogen) atoms. The Morgan fingerprint density at radius 3 is 3.00 bits per heavy atom. The Hall–Kier alpha value is -1.19. The van der Waals surface area contributed by atoms with E-state index in [1.54, 1.807) is 6.08 Å². The molecule has 1 rings (SSSR count). The van der Waals surface area contributed by atoms with Crippen LogP contribution < -0.4 is 0 Å². The summed E-state index contributed by atoms with van der Waals surface area (Å²) in [6.45, 7) is 1.35. The molecule has 76 valence electrons. The number of halogens is 1. The predicted molar refractivity (Wildman–Crippen MR) is 51.7 cm³/mol. The van der Waals surface area contributed by atoms with Crippen molar-refractivity contribution in [1.82, 2.24) is 0 Å². The molecule has 0 amide bonds. The number of azide groups is 1. The number of ether oxygens (including phenoxy) is 1. The summed E-state index contributed by atoms with van der Waals surface area (Å²) in [7, 11) is 0. The molecule has 0 aromatic rings. The zero-order valence-electron chi connectivity index (χ0n) is 7.68. The monoisotopic (exact) mass is 215 g/mol. The topological polar surface area (TPSA) is 75.1 Å². The Balaban J connectivity index is 2.65. The van der Waals surface area contributed by atoms with Gasteiger partial charge in [0.05, 0.1) is 6.04 Å². The molecule has 6 heteroatoms. The van der Waals surface area contributed by atoms with Gasteiger partial charge in [-0.1, -0.05) is 16.7 Å². The van der Waals surface area contributed by atoms with Crippen LogP contribution in [0.3, 0.4) is 0 Å². The maximum atomic E-state index is 10.6. The van der Waals surface area contributed by atoms with Gasteiger partial charge in [-0.25, -0.2) is 0 Å². The standard InChI is InChI=1S/C8H10ClN3O2/c1-5(13)14-6-2-3-8(11-12-10)7(9)4-6/h4,6,8H,2-3H2,1H3/t6-,8+/m1/s1. The lowest BCUT2D eigenvalue weighted by atomic mass is 10.0. The molecule has 0 spiro atoms. The van der Waals surface area contributed by atoms with Crippen molar-refractivity contribution in [2.24, 2.45) is 5.11 Å². The highest BCUT2D eigenvalue weighted by atomic mass is 35.5. The minimum atomic E-state index is -0.335. The normalized spacial score (nSPS) is 26.0. The number of carbonyl (C=O) groups is 1. The molecule has 0 unspecified atom stereocenters. The van der Waals surface area contributed by atoms with Crippen LogP contribution in [0.2, 0.25) is 0 Å². The molecule has 0 radical (unpaired) electrons. The van der Waals surface area contributed by atoms with E-state index in [1.807, 2.05) is 0 Å². The molecule has 0 saturated carbocycles. The van der Waals surface area contributed by atoms with Crippen LogP contribution in [-0.4, -0.2) is 18.1 Å². The van der Waals surface area contributed by atoms with E-state index in [9.17, 15) is 4.79 Å². The second kappa shape index (κ2) is 4.88. The van der Waals surface area contributed by atoms with Crippen molar-refractivity contribution in [2.45, 2.75) is 31.9 Å². The van der Waals surface area contributed by atoms with Gasteiger partial charge in [0, 0.05) is 16.9 Å². The van der Waals surface area contributed by atoms with E-state index in [0.29, 0.717) is 17.9 Å². The molecular weight excluding hydrogens is 206 g/mol. The minimum absolute atomic E-state index is 0.287. The molecule has 0 N–H and O–H groups in total. The van der Waals surface area contributed by atoms with E-state index >= 15 is 0 Å². The maximum absolute atomic E-state index is 10.6. The van der Waals surface area contributed by atoms with Crippen molar-refractivity contribution < 1.29 is 9.53 Å². The molecule has 0 aliphatic heterocycles. The fourth-order valence-corrected chi connectivity index (χ4v) is 1.61. The van der Waals surface area contributed by atoms with Gasteiger partial charge in [0.15, 0.2) is 0 Å². The Bertz CT molecular complexity index is 310. The number of esters is 1. The molecule has 5 nitrogen and oxygen atoms in total. The summed E-state index contributed by atoms with van der Waals surface area (Å²) in [6, 6.07) is -0.312. The molecule has 0 aromatic heterocycles. The average Bonchev–Trinajstić information content (AvgIpc) is 2.09. The Labute approximate surface area is 86.3 Å². The van der Waals surface area contributed by atoms with Crippen LogP contribution in [0.4, 0.5) is 0 Å². The van der Waals surface area contributed by atoms with Crippen LogP contribution >= 0.6 is 11.6 Å². The molecule has 1 aliphatic carbocycles. The van der Waals surface area contributed by atoms with E-state index in [1.165, 1.54) is 6.92 Å². The van der Waals surface area contributed by atoms with Crippen molar-refractivity contribution in [2.75, 3.05) is 0 Å². The number of nitrogens with zero attached hydrogens (tertiary/aromatic N) is 3. The zero-order chi connectivity index (χ0) is 10.6. The SMILES string of the molecule is CC(=O)O[C@H]1C=C(Cl)[C@@H](N=[N+]=[N-])CC1. The Morgan fingerprint density at radius 2 is 2.50 bits per heavy atom. The first-order valence-electron chi connectivity index (χ1n) is 4.22. The van der Waals surface area contributed by atoms with Crippen molar-refractivity contribution in [3.63, 3.8) is 0 Å². The summed E-state index contributed by atoms with van der Waals surface area (Å²) < 4.78 is 4.95. The van der Waals surface area contributed by atoms with Crippen LogP contribution in [0.5, 0.6) is 0 Å². The molecule has 0 aromatic carbocycles. The largest absolute Gasteiger partial charge is 0.458 e. The van der Waals surface area contributed by atoms with Gasteiger partial charge in [0.25, 0.3) is 0 Å². The van der Waals surface area contributed by atoms with Crippen LogP contribution in [0.15, 0.2) is 16.2 Å². The van der Waals surface area contributed by atoms with Crippen molar-refractivity contribution in [1.29, 1.82) is 0 Å². The first-order valence-corrected chi connectivity index (χ1v) is 4.60. The van der Waals surface area contributed by atoms with Crippen LogP contribution in [0, 0.1) is 0 Å². The van der Waals surface area contributed by atoms with E-state index in [2.05, 4.69) is 10.0 Å². The summed E-state index contributed by atoms with van der Waals surface area (Å²) in [6.07, 6.45) is 2.58. The summed E-state index contributed by atoms with van der Waals surface area (Å²) >= 11 is 5.84. The molecule has 0 bridgehead atoms. The van der Waals surface area contributed by atoms with Crippen molar-refractivity contribution >= 4 is 17.6 Å². The molecule has 1 aliphatic rings. The van der Waals surface area contributed by atoms with Crippen molar-refractivity contribution in [3.05, 3.63) is 21.6 Å². The third-order valence-electron chi connectivity index (χ3n) is 1.90. The average molecular weight is 216 g/mol. The highest BCUT2D eigenvalue weighted by Gasteiger charge is 2.22. The second-order valence-electron chi connectivity index (χ2n) is 3.00. The summed E-state index contributed by atoms with van der Waals surface area (Å²) in [4.78, 5) is 13.3. The van der Waals surface area contributed by atoms with Gasteiger partial charge in [-0.05, 0) is 24.4 Å². The number of rotatable bonds is 2. The van der Waals surface area contributed by atoms with E-state index in [4.69, 9.17) is 21.9 Å². The smallest absolute Gasteiger partial charge is 0.303 e. The summed E-state index contributed by atoms with van der Waals surface area (Å²) in [5, 5.41) is 3.96. The zero-order valence-corrected chi connectivity index (χ0v) is 8.44. The summed E-state index contributed by atoms with van der Waals surface area (Å²) in [5.41, 5.74) is 8.23. The Morgan fingerprint density at radius 1 is 1.79 bits per heavy atom. The van der Waals surface area contributed by atoms with E-state index < -0.39 is 0 Å². The molecular formula is C8H10ClN3O2. The van der Waals surface area contributed by atoms with E-state index in [-0.39, 0.29) is 18.1 Å². The fraction of sp³-hybridized carbons (Fsp3) is 0.625. The first-order chi connectivity index (χ1) is 6.63. The van der Waals surface area contributed by atoms with Crippen LogP contribution in [0.25, 0.3) is 10.4 Å². The lowest BCUT2D eigenvalue weighted by Crippen LogP contribution is -2.22. The fourth-order valence-electron chi connectivity index (χ4n) is 1.31. The molecule has 0 heterocycles. The number of hydrogen-bond donors (Lipinski definition) is 0. The lowest BCUT2D eigenvalue weighted by molar-refractivity contribution is -0.144. The first kappa shape index (κ1) is 10.9. The quantitative estimate of drug-likeness (QED) is 0.307. The molecule has 0 saturated heterocycles. The van der Waals surface area contributed by atoms with Gasteiger partial charge in [0.2, 0.25) is 0 Å². The third-order valence-corrected chi connectivity index (χ3v) is 2.27. The highest BCUT2D eigenvalue weighted by Crippen LogP contribution is 2.26. The van der Waals surface area contributed by atoms with Gasteiger partial charge >= 0.3 is 5.97 Å². The van der Waals surface area contributed by atoms with Gasteiger partial charge in [-0.15, -0.1) is 0 Å². The highest BCUT2D eigenvalue weighted by molar-refractivity contribution is 6.30. The number of hydrogen-bond acceptors (Lipinski definition) is 3. The third kappa shape index (κ3) is 2.94. The Kier molecular flexibility index (Phi) is 3.80. The summed E-state index contributed by atoms with van der Waals surface area (Å²) in [5.74, 6) is -0.335. The van der Waals surface area contributed by atoms with Gasteiger partial charge < -0.3 is 4.74 Å². The minimum Gasteiger partial charge on any atom is -0.458 e. The number of carbonyl (C=O) groups excluding carboxylic acids is 1. The molecule has 2 atom stereocenters. The van der Waals surface area contributed by atoms with E-state index in [0.717, 1.165) is 0 Å². The van der Waals surface area contributed by atoms with Gasteiger partial charge in [-0.3, -0.25) is 4.79 Å². The van der Waals surface area contributed by atoms with Crippen molar-refractivity contribution in [3.8, 4) is 0 Å².